The zero-order chi connectivity index (χ0) is 17.6. The van der Waals surface area contributed by atoms with Gasteiger partial charge in [-0.25, -0.2) is 13.1 Å². The van der Waals surface area contributed by atoms with E-state index in [9.17, 15) is 8.42 Å². The molecule has 7 heteroatoms. The van der Waals surface area contributed by atoms with Crippen molar-refractivity contribution in [2.45, 2.75) is 11.8 Å². The first kappa shape index (κ1) is 18.1. The van der Waals surface area contributed by atoms with Gasteiger partial charge in [0, 0.05) is 6.54 Å². The second kappa shape index (κ2) is 8.03. The Bertz CT molecular complexity index is 789. The average Bonchev–Trinajstić information content (AvgIpc) is 2.59. The van der Waals surface area contributed by atoms with E-state index in [0.717, 1.165) is 5.56 Å². The SMILES string of the molecule is COc1ccc(S(=O)(=O)NCCOc2ccccc2OC)cc1C. The van der Waals surface area contributed by atoms with Gasteiger partial charge in [0.25, 0.3) is 0 Å². The lowest BCUT2D eigenvalue weighted by molar-refractivity contribution is 0.298. The van der Waals surface area contributed by atoms with Crippen LogP contribution in [0.5, 0.6) is 17.2 Å². The third-order valence-electron chi connectivity index (χ3n) is 3.40. The zero-order valence-corrected chi connectivity index (χ0v) is 14.7. The average molecular weight is 351 g/mol. The topological polar surface area (TPSA) is 73.9 Å². The summed E-state index contributed by atoms with van der Waals surface area (Å²) < 4.78 is 42.9. The number of methoxy groups -OCH3 is 2. The lowest BCUT2D eigenvalue weighted by Crippen LogP contribution is -2.28. The van der Waals surface area contributed by atoms with Crippen LogP contribution in [0.15, 0.2) is 47.4 Å². The molecule has 0 aromatic heterocycles. The van der Waals surface area contributed by atoms with Crippen LogP contribution in [-0.4, -0.2) is 35.8 Å². The number of nitrogens with one attached hydrogen (secondary N) is 1. The normalized spacial score (nSPS) is 11.1. The maximum absolute atomic E-state index is 12.3. The standard InChI is InChI=1S/C17H21NO5S/c1-13-12-14(8-9-15(13)21-2)24(19,20)18-10-11-23-17-7-5-4-6-16(17)22-3/h4-9,12,18H,10-11H2,1-3H3. The molecule has 0 aliphatic rings. The Kier molecular flexibility index (Phi) is 6.05. The Morgan fingerprint density at radius 2 is 1.62 bits per heavy atom. The third-order valence-corrected chi connectivity index (χ3v) is 4.86. The summed E-state index contributed by atoms with van der Waals surface area (Å²) in [4.78, 5) is 0.193. The van der Waals surface area contributed by atoms with Gasteiger partial charge >= 0.3 is 0 Å². The van der Waals surface area contributed by atoms with Gasteiger partial charge in [-0.15, -0.1) is 0 Å². The minimum absolute atomic E-state index is 0.144. The monoisotopic (exact) mass is 351 g/mol. The highest BCUT2D eigenvalue weighted by atomic mass is 32.2. The number of para-hydroxylation sites is 2. The van der Waals surface area contributed by atoms with E-state index in [-0.39, 0.29) is 18.0 Å². The van der Waals surface area contributed by atoms with Gasteiger partial charge in [-0.3, -0.25) is 0 Å². The van der Waals surface area contributed by atoms with E-state index in [1.165, 1.54) is 6.07 Å². The largest absolute Gasteiger partial charge is 0.496 e. The highest BCUT2D eigenvalue weighted by Crippen LogP contribution is 2.25. The summed E-state index contributed by atoms with van der Waals surface area (Å²) in [5, 5.41) is 0. The van der Waals surface area contributed by atoms with Crippen LogP contribution in [0, 0.1) is 6.92 Å². The van der Waals surface area contributed by atoms with Crippen molar-refractivity contribution in [3.05, 3.63) is 48.0 Å². The lowest BCUT2D eigenvalue weighted by atomic mass is 10.2. The van der Waals surface area contributed by atoms with Gasteiger partial charge in [-0.2, -0.15) is 0 Å². The molecule has 0 amide bonds. The Morgan fingerprint density at radius 3 is 2.25 bits per heavy atom. The highest BCUT2D eigenvalue weighted by molar-refractivity contribution is 7.89. The van der Waals surface area contributed by atoms with Gasteiger partial charge in [0.1, 0.15) is 12.4 Å². The fourth-order valence-corrected chi connectivity index (χ4v) is 3.27. The van der Waals surface area contributed by atoms with Crippen LogP contribution in [0.3, 0.4) is 0 Å². The summed E-state index contributed by atoms with van der Waals surface area (Å²) in [5.41, 5.74) is 0.755. The molecule has 0 bridgehead atoms. The van der Waals surface area contributed by atoms with Crippen molar-refractivity contribution < 1.29 is 22.6 Å². The summed E-state index contributed by atoms with van der Waals surface area (Å²) in [6, 6.07) is 11.9. The Hall–Kier alpha value is -2.25. The minimum atomic E-state index is -3.59. The third kappa shape index (κ3) is 4.39. The molecule has 130 valence electrons. The van der Waals surface area contributed by atoms with Crippen molar-refractivity contribution in [3.8, 4) is 17.2 Å². The van der Waals surface area contributed by atoms with E-state index in [2.05, 4.69) is 4.72 Å². The van der Waals surface area contributed by atoms with Crippen molar-refractivity contribution in [3.63, 3.8) is 0 Å². The van der Waals surface area contributed by atoms with Crippen molar-refractivity contribution in [2.24, 2.45) is 0 Å². The van der Waals surface area contributed by atoms with Gasteiger partial charge in [0.15, 0.2) is 11.5 Å². The lowest BCUT2D eigenvalue weighted by Gasteiger charge is -2.12. The van der Waals surface area contributed by atoms with E-state index in [4.69, 9.17) is 14.2 Å². The van der Waals surface area contributed by atoms with Crippen LogP contribution in [0.25, 0.3) is 0 Å². The zero-order valence-electron chi connectivity index (χ0n) is 13.9. The van der Waals surface area contributed by atoms with Crippen LogP contribution in [-0.2, 0) is 10.0 Å². The molecule has 0 heterocycles. The Balaban J connectivity index is 1.94. The maximum Gasteiger partial charge on any atom is 0.240 e. The molecule has 6 nitrogen and oxygen atoms in total. The summed E-state index contributed by atoms with van der Waals surface area (Å²) >= 11 is 0. The molecule has 0 saturated carbocycles. The number of hydrogen-bond acceptors (Lipinski definition) is 5. The van der Waals surface area contributed by atoms with Gasteiger partial charge in [-0.1, -0.05) is 12.1 Å². The summed E-state index contributed by atoms with van der Waals surface area (Å²) in [6.07, 6.45) is 0. The number of benzene rings is 2. The minimum Gasteiger partial charge on any atom is -0.496 e. The van der Waals surface area contributed by atoms with E-state index in [1.807, 2.05) is 12.1 Å². The van der Waals surface area contributed by atoms with Crippen molar-refractivity contribution in [1.29, 1.82) is 0 Å². The number of rotatable bonds is 8. The van der Waals surface area contributed by atoms with Crippen LogP contribution in [0.1, 0.15) is 5.56 Å². The maximum atomic E-state index is 12.3. The van der Waals surface area contributed by atoms with Gasteiger partial charge in [0.05, 0.1) is 19.1 Å². The molecular weight excluding hydrogens is 330 g/mol. The molecule has 0 unspecified atom stereocenters. The predicted molar refractivity (Wildman–Crippen MR) is 91.4 cm³/mol. The molecular formula is C17H21NO5S. The number of hydrogen-bond donors (Lipinski definition) is 1. The Morgan fingerprint density at radius 1 is 0.958 bits per heavy atom. The molecule has 2 aromatic carbocycles. The second-order valence-electron chi connectivity index (χ2n) is 5.03. The second-order valence-corrected chi connectivity index (χ2v) is 6.80. The predicted octanol–water partition coefficient (Wildman–Crippen LogP) is 2.37. The molecule has 0 radical (unpaired) electrons. The summed E-state index contributed by atoms with van der Waals surface area (Å²) in [6.45, 7) is 2.13. The molecule has 0 spiro atoms. The molecule has 0 aliphatic carbocycles. The van der Waals surface area contributed by atoms with Crippen LogP contribution < -0.4 is 18.9 Å². The summed E-state index contributed by atoms with van der Waals surface area (Å²) in [5.74, 6) is 1.82. The molecule has 24 heavy (non-hydrogen) atoms. The number of ether oxygens (including phenoxy) is 3. The van der Waals surface area contributed by atoms with Crippen LogP contribution in [0.4, 0.5) is 0 Å². The number of sulfonamides is 1. The van der Waals surface area contributed by atoms with E-state index in [0.29, 0.717) is 17.2 Å². The highest BCUT2D eigenvalue weighted by Gasteiger charge is 2.15. The molecule has 0 aliphatic heterocycles. The first-order valence-corrected chi connectivity index (χ1v) is 8.86. The van der Waals surface area contributed by atoms with Crippen molar-refractivity contribution >= 4 is 10.0 Å². The quantitative estimate of drug-likeness (QED) is 0.739. The van der Waals surface area contributed by atoms with Crippen LogP contribution in [0.2, 0.25) is 0 Å². The molecule has 0 saturated heterocycles. The molecule has 1 N–H and O–H groups in total. The first-order valence-electron chi connectivity index (χ1n) is 7.38. The molecule has 0 atom stereocenters. The van der Waals surface area contributed by atoms with E-state index < -0.39 is 10.0 Å². The van der Waals surface area contributed by atoms with Gasteiger partial charge < -0.3 is 14.2 Å². The van der Waals surface area contributed by atoms with Gasteiger partial charge in [0.2, 0.25) is 10.0 Å². The fourth-order valence-electron chi connectivity index (χ4n) is 2.18. The number of aryl methyl sites for hydroxylation is 1. The molecule has 0 fully saturated rings. The fraction of sp³-hybridized carbons (Fsp3) is 0.294. The van der Waals surface area contributed by atoms with Crippen molar-refractivity contribution in [2.75, 3.05) is 27.4 Å². The Labute approximate surface area is 142 Å². The van der Waals surface area contributed by atoms with Crippen LogP contribution >= 0.6 is 0 Å². The molecule has 2 rings (SSSR count). The first-order chi connectivity index (χ1) is 11.5. The summed E-state index contributed by atoms with van der Waals surface area (Å²) in [7, 11) is -0.497. The molecule has 2 aromatic rings. The smallest absolute Gasteiger partial charge is 0.240 e. The van der Waals surface area contributed by atoms with E-state index in [1.54, 1.807) is 45.4 Å². The van der Waals surface area contributed by atoms with Gasteiger partial charge in [-0.05, 0) is 42.8 Å². The van der Waals surface area contributed by atoms with Crippen molar-refractivity contribution in [1.82, 2.24) is 4.72 Å². The van der Waals surface area contributed by atoms with E-state index >= 15 is 0 Å².